The third-order valence-corrected chi connectivity index (χ3v) is 3.88. The number of aryl methyl sites for hydroxylation is 3. The van der Waals surface area contributed by atoms with Crippen molar-refractivity contribution >= 4 is 5.91 Å². The Kier molecular flexibility index (Phi) is 4.25. The Hall–Kier alpha value is -1.35. The summed E-state index contributed by atoms with van der Waals surface area (Å²) in [6.45, 7) is 4.96. The lowest BCUT2D eigenvalue weighted by Gasteiger charge is -2.12. The van der Waals surface area contributed by atoms with E-state index >= 15 is 0 Å². The van der Waals surface area contributed by atoms with Gasteiger partial charge in [-0.05, 0) is 38.7 Å². The minimum absolute atomic E-state index is 0.00438. The molecule has 0 saturated heterocycles. The molecule has 1 aliphatic rings. The smallest absolute Gasteiger partial charge is 0.220 e. The van der Waals surface area contributed by atoms with Gasteiger partial charge in [0.15, 0.2) is 0 Å². The predicted molar refractivity (Wildman–Crippen MR) is 76.0 cm³/mol. The number of hydrogen-bond acceptors (Lipinski definition) is 2. The van der Waals surface area contributed by atoms with E-state index < -0.39 is 0 Å². The lowest BCUT2D eigenvalue weighted by Crippen LogP contribution is -2.31. The molecule has 1 aliphatic carbocycles. The van der Waals surface area contributed by atoms with Crippen LogP contribution >= 0.6 is 0 Å². The van der Waals surface area contributed by atoms with Gasteiger partial charge in [-0.15, -0.1) is 0 Å². The Morgan fingerprint density at radius 3 is 2.42 bits per heavy atom. The highest BCUT2D eigenvalue weighted by atomic mass is 16.3. The highest BCUT2D eigenvalue weighted by Gasteiger charge is 2.41. The molecule has 19 heavy (non-hydrogen) atoms. The van der Waals surface area contributed by atoms with Crippen molar-refractivity contribution in [2.45, 2.75) is 39.5 Å². The molecule has 2 rings (SSSR count). The molecule has 0 bridgehead atoms. The van der Waals surface area contributed by atoms with Crippen molar-refractivity contribution in [1.82, 2.24) is 5.32 Å². The lowest BCUT2D eigenvalue weighted by molar-refractivity contribution is -0.121. The van der Waals surface area contributed by atoms with Gasteiger partial charge in [0.1, 0.15) is 0 Å². The lowest BCUT2D eigenvalue weighted by atomic mass is 10.0. The topological polar surface area (TPSA) is 49.3 Å². The van der Waals surface area contributed by atoms with Crippen LogP contribution in [-0.4, -0.2) is 24.2 Å². The summed E-state index contributed by atoms with van der Waals surface area (Å²) in [7, 11) is 0. The zero-order valence-electron chi connectivity index (χ0n) is 11.8. The van der Waals surface area contributed by atoms with Gasteiger partial charge in [0.05, 0.1) is 6.61 Å². The van der Waals surface area contributed by atoms with Gasteiger partial charge in [0.2, 0.25) is 5.91 Å². The molecule has 104 valence electrons. The van der Waals surface area contributed by atoms with Crippen molar-refractivity contribution in [3.8, 4) is 0 Å². The van der Waals surface area contributed by atoms with Crippen LogP contribution in [0.4, 0.5) is 0 Å². The van der Waals surface area contributed by atoms with Crippen LogP contribution in [0.1, 0.15) is 36.0 Å². The first-order valence-corrected chi connectivity index (χ1v) is 6.98. The minimum Gasteiger partial charge on any atom is -0.396 e. The van der Waals surface area contributed by atoms with Crippen LogP contribution in [0.15, 0.2) is 18.2 Å². The molecule has 0 spiro atoms. The van der Waals surface area contributed by atoms with Gasteiger partial charge in [0, 0.05) is 18.4 Å². The molecule has 1 saturated carbocycles. The van der Waals surface area contributed by atoms with Gasteiger partial charge in [-0.25, -0.2) is 0 Å². The molecule has 2 N–H and O–H groups in total. The van der Waals surface area contributed by atoms with Crippen molar-refractivity contribution in [2.24, 2.45) is 5.41 Å². The molecule has 0 atom stereocenters. The summed E-state index contributed by atoms with van der Waals surface area (Å²) in [6.07, 6.45) is 3.35. The largest absolute Gasteiger partial charge is 0.396 e. The number of hydrogen-bond donors (Lipinski definition) is 2. The Morgan fingerprint density at radius 1 is 1.26 bits per heavy atom. The van der Waals surface area contributed by atoms with Crippen LogP contribution < -0.4 is 5.32 Å². The number of carbonyl (C=O) groups excluding carboxylic acids is 1. The maximum absolute atomic E-state index is 11.8. The fraction of sp³-hybridized carbons (Fsp3) is 0.562. The number of benzene rings is 1. The van der Waals surface area contributed by atoms with E-state index in [2.05, 4.69) is 37.4 Å². The summed E-state index contributed by atoms with van der Waals surface area (Å²) in [4.78, 5) is 11.8. The van der Waals surface area contributed by atoms with E-state index in [1.54, 1.807) is 0 Å². The summed E-state index contributed by atoms with van der Waals surface area (Å²) < 4.78 is 0. The van der Waals surface area contributed by atoms with E-state index in [9.17, 15) is 9.90 Å². The molecule has 3 nitrogen and oxygen atoms in total. The van der Waals surface area contributed by atoms with Crippen molar-refractivity contribution in [3.05, 3.63) is 34.9 Å². The molecule has 0 radical (unpaired) electrons. The van der Waals surface area contributed by atoms with Crippen molar-refractivity contribution < 1.29 is 9.90 Å². The van der Waals surface area contributed by atoms with Crippen molar-refractivity contribution in [1.29, 1.82) is 0 Å². The number of aliphatic hydroxyl groups is 1. The van der Waals surface area contributed by atoms with Gasteiger partial charge in [-0.3, -0.25) is 4.79 Å². The monoisotopic (exact) mass is 261 g/mol. The molecule has 1 amide bonds. The molecular formula is C16H23NO2. The van der Waals surface area contributed by atoms with E-state index in [-0.39, 0.29) is 17.9 Å². The molecule has 1 aromatic rings. The Morgan fingerprint density at radius 2 is 1.89 bits per heavy atom. The third-order valence-electron chi connectivity index (χ3n) is 3.88. The second-order valence-electron chi connectivity index (χ2n) is 5.93. The van der Waals surface area contributed by atoms with E-state index in [0.717, 1.165) is 19.3 Å². The van der Waals surface area contributed by atoms with Crippen molar-refractivity contribution in [2.75, 3.05) is 13.2 Å². The molecule has 3 heteroatoms. The maximum Gasteiger partial charge on any atom is 0.220 e. The van der Waals surface area contributed by atoms with Crippen LogP contribution in [0.5, 0.6) is 0 Å². The molecule has 0 aromatic heterocycles. The minimum atomic E-state index is -0.00438. The molecule has 0 unspecified atom stereocenters. The molecule has 0 heterocycles. The number of aliphatic hydroxyl groups excluding tert-OH is 1. The van der Waals surface area contributed by atoms with Crippen molar-refractivity contribution in [3.63, 3.8) is 0 Å². The summed E-state index contributed by atoms with van der Waals surface area (Å²) in [5, 5.41) is 12.1. The van der Waals surface area contributed by atoms with Crippen LogP contribution in [-0.2, 0) is 11.2 Å². The molecular weight excluding hydrogens is 238 g/mol. The number of amides is 1. The van der Waals surface area contributed by atoms with E-state index in [1.807, 2.05) is 0 Å². The van der Waals surface area contributed by atoms with Gasteiger partial charge in [-0.2, -0.15) is 0 Å². The summed E-state index contributed by atoms with van der Waals surface area (Å²) in [6, 6.07) is 6.41. The Bertz CT molecular complexity index is 444. The molecule has 0 aliphatic heterocycles. The fourth-order valence-corrected chi connectivity index (χ4v) is 2.41. The molecule has 1 aromatic carbocycles. The average Bonchev–Trinajstić information content (AvgIpc) is 3.13. The average molecular weight is 261 g/mol. The quantitative estimate of drug-likeness (QED) is 0.824. The second kappa shape index (κ2) is 5.74. The van der Waals surface area contributed by atoms with Crippen LogP contribution in [0, 0.1) is 19.3 Å². The predicted octanol–water partition coefficient (Wildman–Crippen LogP) is 2.12. The van der Waals surface area contributed by atoms with Gasteiger partial charge in [0.25, 0.3) is 0 Å². The standard InChI is InChI=1S/C16H23NO2/c1-12-7-13(2)9-14(8-12)3-4-15(19)17-10-16(11-18)5-6-16/h7-9,18H,3-6,10-11H2,1-2H3,(H,17,19). The maximum atomic E-state index is 11.8. The first-order chi connectivity index (χ1) is 9.03. The zero-order valence-corrected chi connectivity index (χ0v) is 11.8. The molecule has 1 fully saturated rings. The zero-order chi connectivity index (χ0) is 13.9. The van der Waals surface area contributed by atoms with Crippen LogP contribution in [0.2, 0.25) is 0 Å². The first kappa shape index (κ1) is 14.1. The summed E-state index contributed by atoms with van der Waals surface area (Å²) in [5.41, 5.74) is 3.70. The number of carbonyl (C=O) groups is 1. The van der Waals surface area contributed by atoms with Crippen LogP contribution in [0.3, 0.4) is 0 Å². The highest BCUT2D eigenvalue weighted by Crippen LogP contribution is 2.44. The van der Waals surface area contributed by atoms with Gasteiger partial charge in [-0.1, -0.05) is 29.3 Å². The number of nitrogens with one attached hydrogen (secondary N) is 1. The fourth-order valence-electron chi connectivity index (χ4n) is 2.41. The van der Waals surface area contributed by atoms with E-state index in [0.29, 0.717) is 13.0 Å². The summed E-state index contributed by atoms with van der Waals surface area (Å²) >= 11 is 0. The SMILES string of the molecule is Cc1cc(C)cc(CCC(=O)NCC2(CO)CC2)c1. The van der Waals surface area contributed by atoms with E-state index in [4.69, 9.17) is 0 Å². The Balaban J connectivity index is 1.77. The van der Waals surface area contributed by atoms with E-state index in [1.165, 1.54) is 16.7 Å². The van der Waals surface area contributed by atoms with Gasteiger partial charge >= 0.3 is 0 Å². The second-order valence-corrected chi connectivity index (χ2v) is 5.93. The summed E-state index contributed by atoms with van der Waals surface area (Å²) in [5.74, 6) is 0.0823. The first-order valence-electron chi connectivity index (χ1n) is 6.98. The number of rotatable bonds is 6. The highest BCUT2D eigenvalue weighted by molar-refractivity contribution is 5.76. The normalized spacial score (nSPS) is 16.2. The van der Waals surface area contributed by atoms with Gasteiger partial charge < -0.3 is 10.4 Å². The Labute approximate surface area is 115 Å². The third kappa shape index (κ3) is 4.06. The van der Waals surface area contributed by atoms with Crippen LogP contribution in [0.25, 0.3) is 0 Å².